The summed E-state index contributed by atoms with van der Waals surface area (Å²) >= 11 is 0. The molecule has 0 saturated carbocycles. The monoisotopic (exact) mass is 367 g/mol. The summed E-state index contributed by atoms with van der Waals surface area (Å²) in [6.45, 7) is 9.03. The average molecular weight is 368 g/mol. The van der Waals surface area contributed by atoms with E-state index in [2.05, 4.69) is 5.32 Å². The van der Waals surface area contributed by atoms with Crippen LogP contribution in [0.15, 0.2) is 11.0 Å². The topological polar surface area (TPSA) is 92.5 Å². The van der Waals surface area contributed by atoms with E-state index in [0.717, 1.165) is 22.3 Å². The Morgan fingerprint density at radius 3 is 2.40 bits per heavy atom. The summed E-state index contributed by atoms with van der Waals surface area (Å²) in [5.41, 5.74) is 8.94. The predicted octanol–water partition coefficient (Wildman–Crippen LogP) is 1.40. The fourth-order valence-electron chi connectivity index (χ4n) is 3.41. The minimum Gasteiger partial charge on any atom is -0.355 e. The highest BCUT2D eigenvalue weighted by molar-refractivity contribution is 7.89. The van der Waals surface area contributed by atoms with E-state index >= 15 is 0 Å². The van der Waals surface area contributed by atoms with E-state index in [9.17, 15) is 13.2 Å². The third-order valence-electron chi connectivity index (χ3n) is 5.09. The number of rotatable bonds is 5. The summed E-state index contributed by atoms with van der Waals surface area (Å²) in [7, 11) is -3.63. The van der Waals surface area contributed by atoms with Crippen molar-refractivity contribution in [1.82, 2.24) is 9.62 Å². The molecule has 140 valence electrons. The molecule has 0 spiro atoms. The van der Waals surface area contributed by atoms with E-state index in [1.807, 2.05) is 33.8 Å². The second-order valence-electron chi connectivity index (χ2n) is 6.87. The summed E-state index contributed by atoms with van der Waals surface area (Å²) in [5.74, 6) is -0.430. The van der Waals surface area contributed by atoms with Crippen LogP contribution in [-0.4, -0.2) is 44.8 Å². The lowest BCUT2D eigenvalue weighted by Gasteiger charge is -2.32. The maximum Gasteiger partial charge on any atom is 0.243 e. The highest BCUT2D eigenvalue weighted by Gasteiger charge is 2.35. The Balaban J connectivity index is 2.33. The van der Waals surface area contributed by atoms with E-state index in [4.69, 9.17) is 5.73 Å². The van der Waals surface area contributed by atoms with Crippen molar-refractivity contribution in [3.05, 3.63) is 28.3 Å². The third kappa shape index (κ3) is 4.04. The Morgan fingerprint density at radius 2 is 1.84 bits per heavy atom. The van der Waals surface area contributed by atoms with Crippen LogP contribution in [0.2, 0.25) is 0 Å². The van der Waals surface area contributed by atoms with E-state index in [1.165, 1.54) is 4.31 Å². The minimum atomic E-state index is -3.63. The molecular formula is C18H29N3O3S. The summed E-state index contributed by atoms with van der Waals surface area (Å²) < 4.78 is 28.0. The van der Waals surface area contributed by atoms with Gasteiger partial charge in [0.15, 0.2) is 0 Å². The fraction of sp³-hybridized carbons (Fsp3) is 0.611. The normalized spacial score (nSPS) is 19.0. The number of nitrogens with zero attached hydrogens (tertiary/aromatic N) is 1. The van der Waals surface area contributed by atoms with Gasteiger partial charge in [0.25, 0.3) is 0 Å². The minimum absolute atomic E-state index is 0.112. The molecule has 7 heteroatoms. The molecule has 1 fully saturated rings. The van der Waals surface area contributed by atoms with Crippen molar-refractivity contribution in [3.63, 3.8) is 0 Å². The van der Waals surface area contributed by atoms with Crippen LogP contribution < -0.4 is 11.1 Å². The van der Waals surface area contributed by atoms with E-state index in [1.54, 1.807) is 0 Å². The second-order valence-corrected chi connectivity index (χ2v) is 8.75. The van der Waals surface area contributed by atoms with Crippen LogP contribution >= 0.6 is 0 Å². The van der Waals surface area contributed by atoms with Gasteiger partial charge in [-0.25, -0.2) is 8.42 Å². The molecule has 1 aromatic carbocycles. The maximum absolute atomic E-state index is 13.3. The number of carbonyl (C=O) groups excluding carboxylic acids is 1. The standard InChI is InChI=1S/C18H29N3O3S/c1-12-10-13(2)15(4)17(14(12)3)25(23,24)21-9-5-6-16(11-21)18(22)20-8-7-19/h10,16H,5-9,11,19H2,1-4H3,(H,20,22). The Morgan fingerprint density at radius 1 is 1.24 bits per heavy atom. The molecule has 1 atom stereocenters. The number of nitrogens with one attached hydrogen (secondary N) is 1. The lowest BCUT2D eigenvalue weighted by Crippen LogP contribution is -2.46. The number of piperidine rings is 1. The van der Waals surface area contributed by atoms with E-state index in [-0.39, 0.29) is 18.4 Å². The molecule has 1 unspecified atom stereocenters. The SMILES string of the molecule is Cc1cc(C)c(C)c(S(=O)(=O)N2CCCC(C(=O)NCCN)C2)c1C. The lowest BCUT2D eigenvalue weighted by molar-refractivity contribution is -0.126. The van der Waals surface area contributed by atoms with Crippen molar-refractivity contribution in [1.29, 1.82) is 0 Å². The number of nitrogens with two attached hydrogens (primary N) is 1. The Kier molecular flexibility index (Phi) is 6.24. The van der Waals surface area contributed by atoms with Crippen LogP contribution in [0.1, 0.15) is 35.1 Å². The van der Waals surface area contributed by atoms with Crippen LogP contribution in [0.5, 0.6) is 0 Å². The number of amides is 1. The van der Waals surface area contributed by atoms with Crippen molar-refractivity contribution in [2.24, 2.45) is 11.7 Å². The third-order valence-corrected chi connectivity index (χ3v) is 7.23. The summed E-state index contributed by atoms with van der Waals surface area (Å²) in [6, 6.07) is 2.02. The molecule has 1 aliphatic heterocycles. The number of benzene rings is 1. The van der Waals surface area contributed by atoms with Gasteiger partial charge in [-0.3, -0.25) is 4.79 Å². The first kappa shape index (κ1) is 19.9. The molecule has 1 aliphatic rings. The maximum atomic E-state index is 13.3. The number of hydrogen-bond donors (Lipinski definition) is 2. The Hall–Kier alpha value is -1.44. The molecule has 2 rings (SSSR count). The van der Waals surface area contributed by atoms with Gasteiger partial charge in [-0.2, -0.15) is 4.31 Å². The van der Waals surface area contributed by atoms with Gasteiger partial charge in [0.2, 0.25) is 15.9 Å². The highest BCUT2D eigenvalue weighted by Crippen LogP contribution is 2.31. The molecule has 1 aromatic rings. The largest absolute Gasteiger partial charge is 0.355 e. The number of sulfonamides is 1. The van der Waals surface area contributed by atoms with Crippen LogP contribution in [0.4, 0.5) is 0 Å². The van der Waals surface area contributed by atoms with Crippen molar-refractivity contribution in [3.8, 4) is 0 Å². The Labute approximate surface area is 150 Å². The van der Waals surface area contributed by atoms with Crippen LogP contribution in [0.3, 0.4) is 0 Å². The molecule has 1 saturated heterocycles. The van der Waals surface area contributed by atoms with Crippen LogP contribution in [-0.2, 0) is 14.8 Å². The van der Waals surface area contributed by atoms with Crippen molar-refractivity contribution in [2.45, 2.75) is 45.4 Å². The number of hydrogen-bond acceptors (Lipinski definition) is 4. The van der Waals surface area contributed by atoms with Crippen molar-refractivity contribution >= 4 is 15.9 Å². The smallest absolute Gasteiger partial charge is 0.243 e. The molecule has 6 nitrogen and oxygen atoms in total. The lowest BCUT2D eigenvalue weighted by atomic mass is 9.99. The first-order valence-electron chi connectivity index (χ1n) is 8.75. The quantitative estimate of drug-likeness (QED) is 0.823. The molecule has 3 N–H and O–H groups in total. The van der Waals surface area contributed by atoms with Gasteiger partial charge in [-0.15, -0.1) is 0 Å². The van der Waals surface area contributed by atoms with E-state index < -0.39 is 10.0 Å². The van der Waals surface area contributed by atoms with Gasteiger partial charge >= 0.3 is 0 Å². The molecule has 1 heterocycles. The zero-order valence-corrected chi connectivity index (χ0v) is 16.4. The molecule has 0 radical (unpaired) electrons. The molecule has 1 amide bonds. The average Bonchev–Trinajstić information content (AvgIpc) is 2.58. The highest BCUT2D eigenvalue weighted by atomic mass is 32.2. The Bertz CT molecular complexity index is 733. The molecule has 0 aliphatic carbocycles. The zero-order chi connectivity index (χ0) is 18.8. The van der Waals surface area contributed by atoms with Gasteiger partial charge < -0.3 is 11.1 Å². The fourth-order valence-corrected chi connectivity index (χ4v) is 5.51. The predicted molar refractivity (Wildman–Crippen MR) is 98.9 cm³/mol. The number of aryl methyl sites for hydroxylation is 2. The van der Waals surface area contributed by atoms with Gasteiger partial charge in [0.1, 0.15) is 0 Å². The summed E-state index contributed by atoms with van der Waals surface area (Å²) in [5, 5.41) is 2.77. The first-order valence-corrected chi connectivity index (χ1v) is 10.2. The zero-order valence-electron chi connectivity index (χ0n) is 15.6. The van der Waals surface area contributed by atoms with Gasteiger partial charge in [0, 0.05) is 26.2 Å². The summed E-state index contributed by atoms with van der Waals surface area (Å²) in [6.07, 6.45) is 1.38. The number of carbonyl (C=O) groups is 1. The summed E-state index contributed by atoms with van der Waals surface area (Å²) in [4.78, 5) is 12.6. The van der Waals surface area contributed by atoms with Gasteiger partial charge in [-0.1, -0.05) is 6.07 Å². The van der Waals surface area contributed by atoms with Crippen molar-refractivity contribution in [2.75, 3.05) is 26.2 Å². The van der Waals surface area contributed by atoms with Gasteiger partial charge in [0.05, 0.1) is 10.8 Å². The molecule has 25 heavy (non-hydrogen) atoms. The second kappa shape index (κ2) is 7.85. The first-order chi connectivity index (χ1) is 11.7. The van der Waals surface area contributed by atoms with Gasteiger partial charge in [-0.05, 0) is 62.8 Å². The molecule has 0 aromatic heterocycles. The van der Waals surface area contributed by atoms with Crippen LogP contribution in [0, 0.1) is 33.6 Å². The molecular weight excluding hydrogens is 338 g/mol. The molecule has 0 bridgehead atoms. The van der Waals surface area contributed by atoms with Crippen molar-refractivity contribution < 1.29 is 13.2 Å². The van der Waals surface area contributed by atoms with E-state index in [0.29, 0.717) is 37.4 Å². The van der Waals surface area contributed by atoms with Crippen LogP contribution in [0.25, 0.3) is 0 Å².